The minimum Gasteiger partial charge on any atom is -0.312 e. The highest BCUT2D eigenvalue weighted by molar-refractivity contribution is 5.91. The van der Waals surface area contributed by atoms with Crippen molar-refractivity contribution in [3.05, 3.63) is 77.4 Å². The molecule has 0 aliphatic rings. The lowest BCUT2D eigenvalue weighted by atomic mass is 10.0. The topological polar surface area (TPSA) is 52.2 Å². The Labute approximate surface area is 149 Å². The normalized spacial score (nSPS) is 11.4. The molecule has 0 aliphatic carbocycles. The molecule has 0 spiro atoms. The van der Waals surface area contributed by atoms with Gasteiger partial charge in [-0.05, 0) is 32.0 Å². The molecule has 0 bridgehead atoms. The molecule has 5 nitrogen and oxygen atoms in total. The predicted molar refractivity (Wildman–Crippen MR) is 98.5 cm³/mol. The lowest BCUT2D eigenvalue weighted by Crippen LogP contribution is -2.20. The zero-order valence-electron chi connectivity index (χ0n) is 14.4. The Kier molecular flexibility index (Phi) is 3.88. The molecular formula is C20H17FN4O. The molecule has 0 aliphatic heterocycles. The van der Waals surface area contributed by atoms with E-state index in [1.165, 1.54) is 12.1 Å². The van der Waals surface area contributed by atoms with Crippen LogP contribution in [0.3, 0.4) is 0 Å². The van der Waals surface area contributed by atoms with E-state index in [1.807, 2.05) is 13.8 Å². The van der Waals surface area contributed by atoms with Crippen LogP contribution in [0.5, 0.6) is 0 Å². The molecule has 26 heavy (non-hydrogen) atoms. The molecule has 3 heterocycles. The van der Waals surface area contributed by atoms with Crippen molar-refractivity contribution in [1.82, 2.24) is 19.2 Å². The fourth-order valence-corrected chi connectivity index (χ4v) is 3.08. The molecule has 6 heteroatoms. The third kappa shape index (κ3) is 2.60. The quantitative estimate of drug-likeness (QED) is 0.563. The van der Waals surface area contributed by atoms with Gasteiger partial charge in [0.05, 0.1) is 11.7 Å². The second-order valence-electron chi connectivity index (χ2n) is 6.37. The maximum absolute atomic E-state index is 14.5. The third-order valence-corrected chi connectivity index (χ3v) is 4.35. The molecule has 0 fully saturated rings. The molecular weight excluding hydrogens is 331 g/mol. The second kappa shape index (κ2) is 6.22. The van der Waals surface area contributed by atoms with Gasteiger partial charge in [-0.3, -0.25) is 9.78 Å². The maximum Gasteiger partial charge on any atom is 0.250 e. The van der Waals surface area contributed by atoms with Crippen molar-refractivity contribution in [2.75, 3.05) is 0 Å². The number of hydrogen-bond acceptors (Lipinski definition) is 3. The van der Waals surface area contributed by atoms with Gasteiger partial charge in [0, 0.05) is 47.4 Å². The lowest BCUT2D eigenvalue weighted by molar-refractivity contribution is 0.579. The summed E-state index contributed by atoms with van der Waals surface area (Å²) in [4.78, 5) is 16.3. The van der Waals surface area contributed by atoms with Gasteiger partial charge in [-0.15, -0.1) is 0 Å². The number of aromatic nitrogens is 4. The molecule has 3 aromatic heterocycles. The summed E-state index contributed by atoms with van der Waals surface area (Å²) in [5.74, 6) is -0.345. The van der Waals surface area contributed by atoms with Gasteiger partial charge < -0.3 is 4.57 Å². The van der Waals surface area contributed by atoms with Crippen LogP contribution in [0.1, 0.15) is 19.9 Å². The number of rotatable bonds is 3. The van der Waals surface area contributed by atoms with Crippen LogP contribution in [-0.4, -0.2) is 19.2 Å². The van der Waals surface area contributed by atoms with E-state index in [2.05, 4.69) is 10.1 Å². The summed E-state index contributed by atoms with van der Waals surface area (Å²) in [5, 5.41) is 4.57. The van der Waals surface area contributed by atoms with Crippen LogP contribution in [0.4, 0.5) is 4.39 Å². The van der Waals surface area contributed by atoms with E-state index < -0.39 is 0 Å². The van der Waals surface area contributed by atoms with Crippen LogP contribution in [0, 0.1) is 5.82 Å². The molecule has 130 valence electrons. The van der Waals surface area contributed by atoms with E-state index in [0.29, 0.717) is 11.3 Å². The van der Waals surface area contributed by atoms with Crippen molar-refractivity contribution in [3.8, 4) is 22.4 Å². The number of pyridine rings is 1. The van der Waals surface area contributed by atoms with Crippen molar-refractivity contribution in [1.29, 1.82) is 0 Å². The highest BCUT2D eigenvalue weighted by atomic mass is 19.1. The molecule has 0 saturated heterocycles. The number of fused-ring (bicyclic) bond motifs is 1. The van der Waals surface area contributed by atoms with E-state index in [0.717, 1.165) is 16.6 Å². The van der Waals surface area contributed by atoms with E-state index in [4.69, 9.17) is 0 Å². The number of hydrogen-bond donors (Lipinski definition) is 0. The largest absolute Gasteiger partial charge is 0.312 e. The smallest absolute Gasteiger partial charge is 0.250 e. The van der Waals surface area contributed by atoms with Gasteiger partial charge in [0.15, 0.2) is 0 Å². The molecule has 0 unspecified atom stereocenters. The van der Waals surface area contributed by atoms with Crippen molar-refractivity contribution >= 4 is 5.52 Å². The highest BCUT2D eigenvalue weighted by Gasteiger charge is 2.19. The first kappa shape index (κ1) is 16.2. The molecule has 4 rings (SSSR count). The van der Waals surface area contributed by atoms with Crippen LogP contribution in [-0.2, 0) is 0 Å². The van der Waals surface area contributed by atoms with Crippen molar-refractivity contribution < 1.29 is 4.39 Å². The fourth-order valence-electron chi connectivity index (χ4n) is 3.08. The first-order chi connectivity index (χ1) is 12.6. The van der Waals surface area contributed by atoms with Gasteiger partial charge in [0.2, 0.25) is 0 Å². The second-order valence-corrected chi connectivity index (χ2v) is 6.37. The average Bonchev–Trinajstić information content (AvgIpc) is 3.01. The minimum atomic E-state index is -0.345. The summed E-state index contributed by atoms with van der Waals surface area (Å²) in [5.41, 5.74) is 3.14. The number of halogens is 1. The van der Waals surface area contributed by atoms with Crippen LogP contribution >= 0.6 is 0 Å². The van der Waals surface area contributed by atoms with Gasteiger partial charge >= 0.3 is 0 Å². The van der Waals surface area contributed by atoms with E-state index in [9.17, 15) is 9.18 Å². The first-order valence-electron chi connectivity index (χ1n) is 8.36. The molecule has 1 aromatic carbocycles. The summed E-state index contributed by atoms with van der Waals surface area (Å²) < 4.78 is 17.8. The van der Waals surface area contributed by atoms with Crippen LogP contribution in [0.2, 0.25) is 0 Å². The van der Waals surface area contributed by atoms with Gasteiger partial charge in [-0.25, -0.2) is 8.91 Å². The Morgan fingerprint density at radius 2 is 1.92 bits per heavy atom. The van der Waals surface area contributed by atoms with Gasteiger partial charge in [-0.2, -0.15) is 5.10 Å². The van der Waals surface area contributed by atoms with Gasteiger partial charge in [-0.1, -0.05) is 12.1 Å². The van der Waals surface area contributed by atoms with Crippen LogP contribution in [0.15, 0.2) is 66.0 Å². The molecule has 0 radical (unpaired) electrons. The third-order valence-electron chi connectivity index (χ3n) is 4.35. The molecule has 0 atom stereocenters. The minimum absolute atomic E-state index is 0.0133. The van der Waals surface area contributed by atoms with Gasteiger partial charge in [0.25, 0.3) is 5.56 Å². The summed E-state index contributed by atoms with van der Waals surface area (Å²) >= 11 is 0. The lowest BCUT2D eigenvalue weighted by Gasteiger charge is -2.12. The zero-order chi connectivity index (χ0) is 18.3. The summed E-state index contributed by atoms with van der Waals surface area (Å²) in [7, 11) is 0. The number of nitrogens with zero attached hydrogens (tertiary/aromatic N) is 4. The Morgan fingerprint density at radius 3 is 2.69 bits per heavy atom. The van der Waals surface area contributed by atoms with Crippen molar-refractivity contribution in [3.63, 3.8) is 0 Å². The van der Waals surface area contributed by atoms with E-state index in [1.54, 1.807) is 58.1 Å². The summed E-state index contributed by atoms with van der Waals surface area (Å²) in [6.45, 7) is 3.89. The number of benzene rings is 1. The van der Waals surface area contributed by atoms with Gasteiger partial charge in [0.1, 0.15) is 11.5 Å². The maximum atomic E-state index is 14.5. The van der Waals surface area contributed by atoms with E-state index >= 15 is 0 Å². The van der Waals surface area contributed by atoms with Crippen LogP contribution < -0.4 is 5.56 Å². The van der Waals surface area contributed by atoms with Crippen molar-refractivity contribution in [2.45, 2.75) is 19.9 Å². The highest BCUT2D eigenvalue weighted by Crippen LogP contribution is 2.35. The Bertz CT molecular complexity index is 1160. The summed E-state index contributed by atoms with van der Waals surface area (Å²) in [6.07, 6.45) is 6.84. The van der Waals surface area contributed by atoms with E-state index in [-0.39, 0.29) is 17.4 Å². The first-order valence-corrected chi connectivity index (χ1v) is 8.36. The Balaban J connectivity index is 2.06. The predicted octanol–water partition coefficient (Wildman–Crippen LogP) is 3.95. The zero-order valence-corrected chi connectivity index (χ0v) is 14.4. The standard InChI is InChI=1S/C20H17FN4O/c1-13(2)24-12-14(7-8-18(24)26)19-17-11-22-9-10-25(17)23-20(19)15-5-3-4-6-16(15)21/h3-13H,1-2H3. The fraction of sp³-hybridized carbons (Fsp3) is 0.150. The monoisotopic (exact) mass is 348 g/mol. The molecule has 0 amide bonds. The Hall–Kier alpha value is -3.28. The SMILES string of the molecule is CC(C)n1cc(-c2c(-c3ccccc3F)nn3ccncc23)ccc1=O. The van der Waals surface area contributed by atoms with Crippen LogP contribution in [0.25, 0.3) is 27.9 Å². The molecule has 4 aromatic rings. The van der Waals surface area contributed by atoms with Crippen molar-refractivity contribution in [2.24, 2.45) is 0 Å². The molecule has 0 saturated carbocycles. The average molecular weight is 348 g/mol. The molecule has 0 N–H and O–H groups in total. The summed E-state index contributed by atoms with van der Waals surface area (Å²) in [6, 6.07) is 9.83. The Morgan fingerprint density at radius 1 is 1.12 bits per heavy atom.